The molecule has 0 radical (unpaired) electrons. The number of aliphatic hydroxyl groups is 1. The molecule has 0 aliphatic carbocycles. The fourth-order valence-corrected chi connectivity index (χ4v) is 0.909. The lowest BCUT2D eigenvalue weighted by Gasteiger charge is -1.97. The number of carbonyl (C=O) groups excluding carboxylic acids is 1. The van der Waals surface area contributed by atoms with Gasteiger partial charge in [-0.05, 0) is 18.1 Å². The molecule has 0 amide bonds. The number of aromatic nitrogens is 1. The minimum Gasteiger partial charge on any atom is -0.389 e. The van der Waals surface area contributed by atoms with E-state index in [0.717, 1.165) is 5.56 Å². The fourth-order valence-electron chi connectivity index (χ4n) is 0.909. The van der Waals surface area contributed by atoms with E-state index in [4.69, 9.17) is 5.11 Å². The predicted molar refractivity (Wildman–Crippen MR) is 44.7 cm³/mol. The van der Waals surface area contributed by atoms with Crippen molar-refractivity contribution < 1.29 is 9.90 Å². The molecule has 3 heteroatoms. The van der Waals surface area contributed by atoms with Crippen LogP contribution in [0.1, 0.15) is 12.0 Å². The summed E-state index contributed by atoms with van der Waals surface area (Å²) in [6.45, 7) is -0.361. The highest BCUT2D eigenvalue weighted by Gasteiger charge is 1.99. The topological polar surface area (TPSA) is 50.2 Å². The summed E-state index contributed by atoms with van der Waals surface area (Å²) in [5, 5.41) is 8.45. The van der Waals surface area contributed by atoms with E-state index in [1.165, 1.54) is 0 Å². The molecule has 1 rings (SSSR count). The van der Waals surface area contributed by atoms with Crippen LogP contribution in [0.25, 0.3) is 0 Å². The van der Waals surface area contributed by atoms with E-state index in [-0.39, 0.29) is 12.4 Å². The van der Waals surface area contributed by atoms with Gasteiger partial charge in [0.15, 0.2) is 5.78 Å². The molecule has 0 fully saturated rings. The zero-order valence-corrected chi connectivity index (χ0v) is 6.73. The van der Waals surface area contributed by atoms with Crippen LogP contribution >= 0.6 is 0 Å². The monoisotopic (exact) mass is 165 g/mol. The van der Waals surface area contributed by atoms with Gasteiger partial charge in [-0.2, -0.15) is 0 Å². The van der Waals surface area contributed by atoms with Crippen LogP contribution in [0.5, 0.6) is 0 Å². The molecule has 0 aliphatic rings. The summed E-state index contributed by atoms with van der Waals surface area (Å²) in [7, 11) is 0. The molecule has 0 aliphatic heterocycles. The third-order valence-electron chi connectivity index (χ3n) is 1.59. The van der Waals surface area contributed by atoms with Crippen molar-refractivity contribution in [1.29, 1.82) is 0 Å². The van der Waals surface area contributed by atoms with Crippen molar-refractivity contribution in [3.05, 3.63) is 30.1 Å². The third-order valence-corrected chi connectivity index (χ3v) is 1.59. The second-order valence-corrected chi connectivity index (χ2v) is 2.56. The van der Waals surface area contributed by atoms with E-state index in [1.807, 2.05) is 12.1 Å². The van der Waals surface area contributed by atoms with Gasteiger partial charge in [0.1, 0.15) is 6.61 Å². The summed E-state index contributed by atoms with van der Waals surface area (Å²) in [5.74, 6) is -0.126. The zero-order valence-electron chi connectivity index (χ0n) is 6.73. The SMILES string of the molecule is O=C(CO)CCc1cccnc1. The van der Waals surface area contributed by atoms with Crippen molar-refractivity contribution in [2.75, 3.05) is 6.61 Å². The quantitative estimate of drug-likeness (QED) is 0.709. The maximum Gasteiger partial charge on any atom is 0.158 e. The molecule has 1 aromatic heterocycles. The van der Waals surface area contributed by atoms with Crippen LogP contribution < -0.4 is 0 Å². The lowest BCUT2D eigenvalue weighted by molar-refractivity contribution is -0.121. The Morgan fingerprint density at radius 2 is 2.42 bits per heavy atom. The number of aliphatic hydroxyl groups excluding tert-OH is 1. The molecule has 1 N–H and O–H groups in total. The average molecular weight is 165 g/mol. The first-order valence-corrected chi connectivity index (χ1v) is 3.84. The van der Waals surface area contributed by atoms with Crippen molar-refractivity contribution in [2.45, 2.75) is 12.8 Å². The molecule has 12 heavy (non-hydrogen) atoms. The van der Waals surface area contributed by atoms with E-state index in [2.05, 4.69) is 4.98 Å². The molecular formula is C9H11NO2. The van der Waals surface area contributed by atoms with Crippen LogP contribution in [0, 0.1) is 0 Å². The van der Waals surface area contributed by atoms with Crippen LogP contribution in [0.4, 0.5) is 0 Å². The molecule has 0 saturated carbocycles. The van der Waals surface area contributed by atoms with Crippen LogP contribution in [-0.4, -0.2) is 22.5 Å². The smallest absolute Gasteiger partial charge is 0.158 e. The van der Waals surface area contributed by atoms with Gasteiger partial charge in [0.25, 0.3) is 0 Å². The highest BCUT2D eigenvalue weighted by atomic mass is 16.3. The number of aryl methyl sites for hydroxylation is 1. The van der Waals surface area contributed by atoms with Gasteiger partial charge in [0.05, 0.1) is 0 Å². The van der Waals surface area contributed by atoms with Crippen molar-refractivity contribution in [1.82, 2.24) is 4.98 Å². The molecule has 0 unspecified atom stereocenters. The minimum absolute atomic E-state index is 0.126. The van der Waals surface area contributed by atoms with E-state index < -0.39 is 0 Å². The third kappa shape index (κ3) is 2.80. The van der Waals surface area contributed by atoms with Gasteiger partial charge in [0.2, 0.25) is 0 Å². The first kappa shape index (κ1) is 8.87. The minimum atomic E-state index is -0.361. The predicted octanol–water partition coefficient (Wildman–Crippen LogP) is 0.576. The van der Waals surface area contributed by atoms with Crippen molar-refractivity contribution in [3.8, 4) is 0 Å². The second-order valence-electron chi connectivity index (χ2n) is 2.56. The number of Topliss-reactive ketones (excluding diaryl/α,β-unsaturated/α-hetero) is 1. The Hall–Kier alpha value is -1.22. The Morgan fingerprint density at radius 1 is 1.58 bits per heavy atom. The summed E-state index contributed by atoms with van der Waals surface area (Å²) in [5.41, 5.74) is 1.03. The number of rotatable bonds is 4. The maximum absolute atomic E-state index is 10.7. The van der Waals surface area contributed by atoms with E-state index in [0.29, 0.717) is 12.8 Å². The number of ketones is 1. The highest BCUT2D eigenvalue weighted by molar-refractivity contribution is 5.79. The number of carbonyl (C=O) groups is 1. The zero-order chi connectivity index (χ0) is 8.81. The molecule has 0 aromatic carbocycles. The fraction of sp³-hybridized carbons (Fsp3) is 0.333. The molecule has 0 bridgehead atoms. The van der Waals surface area contributed by atoms with Crippen molar-refractivity contribution in [2.24, 2.45) is 0 Å². The normalized spacial score (nSPS) is 9.75. The van der Waals surface area contributed by atoms with Crippen LogP contribution in [0.15, 0.2) is 24.5 Å². The van der Waals surface area contributed by atoms with Gasteiger partial charge in [-0.15, -0.1) is 0 Å². The lowest BCUT2D eigenvalue weighted by atomic mass is 10.1. The molecule has 0 spiro atoms. The number of nitrogens with zero attached hydrogens (tertiary/aromatic N) is 1. The highest BCUT2D eigenvalue weighted by Crippen LogP contribution is 2.00. The van der Waals surface area contributed by atoms with Crippen LogP contribution in [-0.2, 0) is 11.2 Å². The van der Waals surface area contributed by atoms with Gasteiger partial charge in [-0.3, -0.25) is 9.78 Å². The molecule has 0 saturated heterocycles. The second kappa shape index (κ2) is 4.62. The van der Waals surface area contributed by atoms with Crippen molar-refractivity contribution >= 4 is 5.78 Å². The van der Waals surface area contributed by atoms with Gasteiger partial charge in [-0.1, -0.05) is 6.07 Å². The molecule has 0 atom stereocenters. The van der Waals surface area contributed by atoms with Gasteiger partial charge in [-0.25, -0.2) is 0 Å². The first-order chi connectivity index (χ1) is 5.83. The van der Waals surface area contributed by atoms with Crippen LogP contribution in [0.3, 0.4) is 0 Å². The Bertz CT molecular complexity index is 246. The summed E-state index contributed by atoms with van der Waals surface area (Å²) in [6.07, 6.45) is 4.47. The van der Waals surface area contributed by atoms with E-state index in [1.54, 1.807) is 12.4 Å². The Morgan fingerprint density at radius 3 is 3.00 bits per heavy atom. The summed E-state index contributed by atoms with van der Waals surface area (Å²) < 4.78 is 0. The number of hydrogen-bond donors (Lipinski definition) is 1. The Labute approximate surface area is 71.1 Å². The van der Waals surface area contributed by atoms with E-state index in [9.17, 15) is 4.79 Å². The molecule has 3 nitrogen and oxygen atoms in total. The molecular weight excluding hydrogens is 154 g/mol. The Balaban J connectivity index is 2.38. The average Bonchev–Trinajstić information content (AvgIpc) is 2.16. The van der Waals surface area contributed by atoms with Crippen LogP contribution in [0.2, 0.25) is 0 Å². The Kier molecular flexibility index (Phi) is 3.41. The largest absolute Gasteiger partial charge is 0.389 e. The van der Waals surface area contributed by atoms with Gasteiger partial charge < -0.3 is 5.11 Å². The number of hydrogen-bond acceptors (Lipinski definition) is 3. The lowest BCUT2D eigenvalue weighted by Crippen LogP contribution is -2.04. The van der Waals surface area contributed by atoms with Gasteiger partial charge in [0, 0.05) is 18.8 Å². The summed E-state index contributed by atoms with van der Waals surface area (Å²) in [4.78, 5) is 14.6. The summed E-state index contributed by atoms with van der Waals surface area (Å²) in [6, 6.07) is 3.75. The van der Waals surface area contributed by atoms with E-state index >= 15 is 0 Å². The van der Waals surface area contributed by atoms with Gasteiger partial charge >= 0.3 is 0 Å². The molecule has 64 valence electrons. The maximum atomic E-state index is 10.7. The number of pyridine rings is 1. The van der Waals surface area contributed by atoms with Crippen molar-refractivity contribution in [3.63, 3.8) is 0 Å². The molecule has 1 aromatic rings. The summed E-state index contributed by atoms with van der Waals surface area (Å²) >= 11 is 0. The first-order valence-electron chi connectivity index (χ1n) is 3.84. The standard InChI is InChI=1S/C9H11NO2/c11-7-9(12)4-3-8-2-1-5-10-6-8/h1-2,5-6,11H,3-4,7H2. The molecule has 1 heterocycles.